The molecule has 0 aliphatic heterocycles. The number of hydrogen-bond acceptors (Lipinski definition) is 3. The van der Waals surface area contributed by atoms with Crippen LogP contribution in [0.5, 0.6) is 0 Å². The lowest BCUT2D eigenvalue weighted by Crippen LogP contribution is -2.11. The molecule has 2 rings (SSSR count). The highest BCUT2D eigenvalue weighted by molar-refractivity contribution is 6.30. The molecule has 0 aliphatic rings. The zero-order valence-electron chi connectivity index (χ0n) is 13.2. The van der Waals surface area contributed by atoms with Crippen molar-refractivity contribution in [1.82, 2.24) is 9.78 Å². The first-order valence-electron chi connectivity index (χ1n) is 7.39. The lowest BCUT2D eigenvalue weighted by atomic mass is 10.1. The fourth-order valence-electron chi connectivity index (χ4n) is 2.27. The summed E-state index contributed by atoms with van der Waals surface area (Å²) in [6, 6.07) is 6.60. The summed E-state index contributed by atoms with van der Waals surface area (Å²) in [6.07, 6.45) is -3.34. The number of aromatic nitrogens is 2. The van der Waals surface area contributed by atoms with Gasteiger partial charge in [-0.15, -0.1) is 0 Å². The molecule has 0 unspecified atom stereocenters. The molecule has 1 aromatic carbocycles. The molecular formula is C16H17ClF3N3O. The number of carbonyl (C=O) groups is 1. The lowest BCUT2D eigenvalue weighted by molar-refractivity contribution is -0.142. The predicted molar refractivity (Wildman–Crippen MR) is 86.2 cm³/mol. The van der Waals surface area contributed by atoms with Crippen molar-refractivity contribution in [2.45, 2.75) is 32.5 Å². The Labute approximate surface area is 142 Å². The highest BCUT2D eigenvalue weighted by Crippen LogP contribution is 2.34. The molecule has 2 aromatic rings. The Bertz CT molecular complexity index is 723. The molecule has 0 fully saturated rings. The van der Waals surface area contributed by atoms with Crippen LogP contribution in [0.15, 0.2) is 24.3 Å². The van der Waals surface area contributed by atoms with E-state index in [0.29, 0.717) is 17.7 Å². The summed E-state index contributed by atoms with van der Waals surface area (Å²) in [4.78, 5) is 11.8. The molecule has 130 valence electrons. The van der Waals surface area contributed by atoms with Crippen molar-refractivity contribution in [3.8, 4) is 0 Å². The van der Waals surface area contributed by atoms with E-state index >= 15 is 0 Å². The van der Waals surface area contributed by atoms with Gasteiger partial charge >= 0.3 is 6.18 Å². The first-order valence-corrected chi connectivity index (χ1v) is 7.77. The molecule has 4 nitrogen and oxygen atoms in total. The van der Waals surface area contributed by atoms with E-state index in [1.54, 1.807) is 24.3 Å². The van der Waals surface area contributed by atoms with Gasteiger partial charge in [0.05, 0.1) is 0 Å². The standard InChI is InChI=1S/C16H17ClF3N3O/c1-3-4-13(24)10-5-7-11(8-6-10)21-9-12-14(16(18,19)20)22-23(2)15(12)17/h5-8,21H,3-4,9H2,1-2H3. The van der Waals surface area contributed by atoms with Gasteiger partial charge in [0.25, 0.3) is 0 Å². The second-order valence-corrected chi connectivity index (χ2v) is 5.70. The average Bonchev–Trinajstić information content (AvgIpc) is 2.81. The fraction of sp³-hybridized carbons (Fsp3) is 0.375. The average molecular weight is 360 g/mol. The van der Waals surface area contributed by atoms with Crippen molar-refractivity contribution in [1.29, 1.82) is 0 Å². The van der Waals surface area contributed by atoms with Crippen LogP contribution in [0.2, 0.25) is 5.15 Å². The van der Waals surface area contributed by atoms with Gasteiger partial charge in [0.15, 0.2) is 11.5 Å². The minimum atomic E-state index is -4.57. The van der Waals surface area contributed by atoms with Crippen LogP contribution in [0, 0.1) is 0 Å². The molecule has 0 amide bonds. The van der Waals surface area contributed by atoms with E-state index < -0.39 is 11.9 Å². The second-order valence-electron chi connectivity index (χ2n) is 5.34. The van der Waals surface area contributed by atoms with Crippen molar-refractivity contribution in [2.24, 2.45) is 7.05 Å². The molecule has 0 spiro atoms. The van der Waals surface area contributed by atoms with Gasteiger partial charge in [-0.05, 0) is 30.7 Å². The van der Waals surface area contributed by atoms with Crippen LogP contribution in [0.4, 0.5) is 18.9 Å². The highest BCUT2D eigenvalue weighted by Gasteiger charge is 2.38. The van der Waals surface area contributed by atoms with Crippen molar-refractivity contribution >= 4 is 23.1 Å². The SMILES string of the molecule is CCCC(=O)c1ccc(NCc2c(C(F)(F)F)nn(C)c2Cl)cc1. The van der Waals surface area contributed by atoms with E-state index in [0.717, 1.165) is 11.1 Å². The summed E-state index contributed by atoms with van der Waals surface area (Å²) in [5.41, 5.74) is 0.0592. The Morgan fingerprint density at radius 3 is 2.46 bits per heavy atom. The van der Waals surface area contributed by atoms with Gasteiger partial charge < -0.3 is 5.32 Å². The third kappa shape index (κ3) is 4.08. The number of halogens is 4. The molecule has 24 heavy (non-hydrogen) atoms. The van der Waals surface area contributed by atoms with Gasteiger partial charge in [0, 0.05) is 36.8 Å². The maximum absolute atomic E-state index is 13.0. The largest absolute Gasteiger partial charge is 0.435 e. The van der Waals surface area contributed by atoms with Crippen LogP contribution in [0.1, 0.15) is 41.4 Å². The number of hydrogen-bond donors (Lipinski definition) is 1. The maximum atomic E-state index is 13.0. The van der Waals surface area contributed by atoms with Gasteiger partial charge in [-0.2, -0.15) is 18.3 Å². The van der Waals surface area contributed by atoms with E-state index in [-0.39, 0.29) is 23.0 Å². The van der Waals surface area contributed by atoms with E-state index in [1.807, 2.05) is 6.92 Å². The van der Waals surface area contributed by atoms with Gasteiger partial charge in [0.1, 0.15) is 5.15 Å². The molecule has 1 N–H and O–H groups in total. The van der Waals surface area contributed by atoms with Gasteiger partial charge in [-0.3, -0.25) is 9.48 Å². The normalized spacial score (nSPS) is 11.6. The monoisotopic (exact) mass is 359 g/mol. The van der Waals surface area contributed by atoms with E-state index in [9.17, 15) is 18.0 Å². The summed E-state index contributed by atoms with van der Waals surface area (Å²) in [6.45, 7) is 1.80. The van der Waals surface area contributed by atoms with Gasteiger partial charge in [-0.25, -0.2) is 0 Å². The molecule has 0 saturated heterocycles. The van der Waals surface area contributed by atoms with E-state index in [1.165, 1.54) is 7.05 Å². The smallest absolute Gasteiger partial charge is 0.381 e. The zero-order chi connectivity index (χ0) is 17.9. The number of alkyl halides is 3. The Morgan fingerprint density at radius 2 is 1.92 bits per heavy atom. The third-order valence-electron chi connectivity index (χ3n) is 3.49. The maximum Gasteiger partial charge on any atom is 0.435 e. The number of aryl methyl sites for hydroxylation is 1. The summed E-state index contributed by atoms with van der Waals surface area (Å²) in [7, 11) is 1.36. The van der Waals surface area contributed by atoms with Crippen molar-refractivity contribution in [2.75, 3.05) is 5.32 Å². The van der Waals surface area contributed by atoms with E-state index in [4.69, 9.17) is 11.6 Å². The van der Waals surface area contributed by atoms with Crippen molar-refractivity contribution in [3.63, 3.8) is 0 Å². The number of nitrogens with one attached hydrogen (secondary N) is 1. The molecular weight excluding hydrogens is 343 g/mol. The second kappa shape index (κ2) is 7.25. The third-order valence-corrected chi connectivity index (χ3v) is 3.96. The van der Waals surface area contributed by atoms with Crippen LogP contribution in [0.3, 0.4) is 0 Å². The molecule has 0 aliphatic carbocycles. The van der Waals surface area contributed by atoms with Crippen molar-refractivity contribution < 1.29 is 18.0 Å². The lowest BCUT2D eigenvalue weighted by Gasteiger charge is -2.09. The number of rotatable bonds is 6. The van der Waals surface area contributed by atoms with Crippen molar-refractivity contribution in [3.05, 3.63) is 46.2 Å². The van der Waals surface area contributed by atoms with Gasteiger partial charge in [0.2, 0.25) is 0 Å². The fourth-order valence-corrected chi connectivity index (χ4v) is 2.46. The number of benzene rings is 1. The zero-order valence-corrected chi connectivity index (χ0v) is 14.0. The molecule has 1 heterocycles. The molecule has 0 atom stereocenters. The highest BCUT2D eigenvalue weighted by atomic mass is 35.5. The topological polar surface area (TPSA) is 46.9 Å². The van der Waals surface area contributed by atoms with Crippen LogP contribution >= 0.6 is 11.6 Å². The number of Topliss-reactive ketones (excluding diaryl/α,β-unsaturated/α-hetero) is 1. The summed E-state index contributed by atoms with van der Waals surface area (Å²) < 4.78 is 39.9. The number of anilines is 1. The Morgan fingerprint density at radius 1 is 1.29 bits per heavy atom. The summed E-state index contributed by atoms with van der Waals surface area (Å²) >= 11 is 5.90. The first-order chi connectivity index (χ1) is 11.2. The summed E-state index contributed by atoms with van der Waals surface area (Å²) in [5, 5.41) is 6.24. The molecule has 1 aromatic heterocycles. The predicted octanol–water partition coefficient (Wildman–Crippen LogP) is 4.69. The van der Waals surface area contributed by atoms with Gasteiger partial charge in [-0.1, -0.05) is 18.5 Å². The minimum Gasteiger partial charge on any atom is -0.381 e. The van der Waals surface area contributed by atoms with Crippen LogP contribution in [-0.4, -0.2) is 15.6 Å². The molecule has 0 saturated carbocycles. The quantitative estimate of drug-likeness (QED) is 0.761. The Balaban J connectivity index is 2.13. The number of carbonyl (C=O) groups excluding carboxylic acids is 1. The molecule has 0 radical (unpaired) electrons. The number of nitrogens with zero attached hydrogens (tertiary/aromatic N) is 2. The first kappa shape index (κ1) is 18.3. The summed E-state index contributed by atoms with van der Waals surface area (Å²) in [5.74, 6) is 0.0405. The van der Waals surface area contributed by atoms with E-state index in [2.05, 4.69) is 10.4 Å². The molecule has 0 bridgehead atoms. The van der Waals surface area contributed by atoms with Crippen LogP contribution in [0.25, 0.3) is 0 Å². The molecule has 8 heteroatoms. The Kier molecular flexibility index (Phi) is 5.54. The minimum absolute atomic E-state index is 0.0405. The van der Waals surface area contributed by atoms with Crippen LogP contribution in [-0.2, 0) is 19.8 Å². The van der Waals surface area contributed by atoms with Crippen LogP contribution < -0.4 is 5.32 Å². The Hall–Kier alpha value is -2.02. The number of ketones is 1.